The summed E-state index contributed by atoms with van der Waals surface area (Å²) < 4.78 is 5.82. The van der Waals surface area contributed by atoms with Gasteiger partial charge in [0.1, 0.15) is 11.5 Å². The number of carboxylic acids is 1. The predicted octanol–water partition coefficient (Wildman–Crippen LogP) is 6.02. The molecule has 5 heteroatoms. The lowest BCUT2D eigenvalue weighted by Gasteiger charge is -2.03. The molecule has 0 atom stereocenters. The van der Waals surface area contributed by atoms with Crippen LogP contribution in [0.2, 0.25) is 5.02 Å². The largest absolute Gasteiger partial charge is 0.478 e. The van der Waals surface area contributed by atoms with Crippen molar-refractivity contribution in [2.75, 3.05) is 0 Å². The van der Waals surface area contributed by atoms with Gasteiger partial charge in [-0.3, -0.25) is 0 Å². The van der Waals surface area contributed by atoms with Crippen molar-refractivity contribution in [1.29, 1.82) is 0 Å². The second kappa shape index (κ2) is 7.09. The standard InChI is InChI=1S/C22H14ClNO3/c23-15-5-3-4-14(12-15)21-11-10-17(27-21)9-8-16-13-19(22(25)26)18-6-1-2-7-20(18)24-16/h1-13H,(H,25,26)/b9-8+. The first-order valence-corrected chi connectivity index (χ1v) is 8.65. The second-order valence-corrected chi connectivity index (χ2v) is 6.40. The fourth-order valence-electron chi connectivity index (χ4n) is 2.87. The van der Waals surface area contributed by atoms with Crippen molar-refractivity contribution in [2.24, 2.45) is 0 Å². The van der Waals surface area contributed by atoms with Gasteiger partial charge in [-0.2, -0.15) is 0 Å². The van der Waals surface area contributed by atoms with Crippen LogP contribution in [0.15, 0.2) is 71.1 Å². The Hall–Kier alpha value is -3.37. The zero-order chi connectivity index (χ0) is 18.8. The van der Waals surface area contributed by atoms with Crippen molar-refractivity contribution in [3.05, 3.63) is 88.8 Å². The number of rotatable bonds is 4. The van der Waals surface area contributed by atoms with E-state index in [1.54, 1.807) is 42.5 Å². The summed E-state index contributed by atoms with van der Waals surface area (Å²) in [6.07, 6.45) is 3.50. The van der Waals surface area contributed by atoms with Crippen molar-refractivity contribution in [3.8, 4) is 11.3 Å². The predicted molar refractivity (Wildman–Crippen MR) is 107 cm³/mol. The molecule has 0 bridgehead atoms. The van der Waals surface area contributed by atoms with Gasteiger partial charge in [0, 0.05) is 16.0 Å². The van der Waals surface area contributed by atoms with E-state index in [-0.39, 0.29) is 5.56 Å². The number of pyridine rings is 1. The van der Waals surface area contributed by atoms with Crippen LogP contribution in [0.25, 0.3) is 34.4 Å². The van der Waals surface area contributed by atoms with E-state index < -0.39 is 5.97 Å². The van der Waals surface area contributed by atoms with E-state index in [0.717, 1.165) is 5.56 Å². The highest BCUT2D eigenvalue weighted by Gasteiger charge is 2.10. The SMILES string of the molecule is O=C(O)c1cc(/C=C/c2ccc(-c3cccc(Cl)c3)o2)nc2ccccc12. The van der Waals surface area contributed by atoms with Crippen LogP contribution in [0, 0.1) is 0 Å². The molecule has 0 saturated carbocycles. The van der Waals surface area contributed by atoms with Gasteiger partial charge < -0.3 is 9.52 Å². The highest BCUT2D eigenvalue weighted by molar-refractivity contribution is 6.30. The maximum atomic E-state index is 11.5. The molecule has 0 amide bonds. The number of para-hydroxylation sites is 1. The number of halogens is 1. The number of nitrogens with zero attached hydrogens (tertiary/aromatic N) is 1. The molecule has 0 unspecified atom stereocenters. The van der Waals surface area contributed by atoms with Crippen molar-refractivity contribution in [2.45, 2.75) is 0 Å². The molecule has 4 nitrogen and oxygen atoms in total. The molecule has 0 spiro atoms. The molecule has 2 aromatic carbocycles. The number of aromatic nitrogens is 1. The van der Waals surface area contributed by atoms with Crippen LogP contribution >= 0.6 is 11.6 Å². The summed E-state index contributed by atoms with van der Waals surface area (Å²) in [5.41, 5.74) is 2.29. The Balaban J connectivity index is 1.66. The number of carbonyl (C=O) groups is 1. The summed E-state index contributed by atoms with van der Waals surface area (Å²) in [6, 6.07) is 19.9. The van der Waals surface area contributed by atoms with Gasteiger partial charge in [0.2, 0.25) is 0 Å². The van der Waals surface area contributed by atoms with Gasteiger partial charge in [-0.15, -0.1) is 0 Å². The Kier molecular flexibility index (Phi) is 4.48. The molecule has 0 aliphatic rings. The summed E-state index contributed by atoms with van der Waals surface area (Å²) in [5.74, 6) is 0.358. The first kappa shape index (κ1) is 17.1. The van der Waals surface area contributed by atoms with Gasteiger partial charge in [-0.1, -0.05) is 41.9 Å². The second-order valence-electron chi connectivity index (χ2n) is 5.96. The molecule has 4 rings (SSSR count). The van der Waals surface area contributed by atoms with Gasteiger partial charge in [-0.25, -0.2) is 9.78 Å². The molecule has 2 heterocycles. The zero-order valence-electron chi connectivity index (χ0n) is 14.1. The lowest BCUT2D eigenvalue weighted by Crippen LogP contribution is -2.00. The maximum Gasteiger partial charge on any atom is 0.336 e. The Bertz CT molecular complexity index is 1180. The van der Waals surface area contributed by atoms with Gasteiger partial charge in [0.15, 0.2) is 0 Å². The molecule has 27 heavy (non-hydrogen) atoms. The molecule has 0 radical (unpaired) electrons. The van der Waals surface area contributed by atoms with Crippen LogP contribution in [0.3, 0.4) is 0 Å². The average molecular weight is 376 g/mol. The number of furan rings is 1. The summed E-state index contributed by atoms with van der Waals surface area (Å²) in [5, 5.41) is 10.7. The van der Waals surface area contributed by atoms with Gasteiger partial charge in [0.25, 0.3) is 0 Å². The monoisotopic (exact) mass is 375 g/mol. The van der Waals surface area contributed by atoms with Gasteiger partial charge >= 0.3 is 5.97 Å². The maximum absolute atomic E-state index is 11.5. The Morgan fingerprint density at radius 2 is 1.85 bits per heavy atom. The Labute approximate surface area is 160 Å². The number of hydrogen-bond acceptors (Lipinski definition) is 3. The fraction of sp³-hybridized carbons (Fsp3) is 0. The third-order valence-corrected chi connectivity index (χ3v) is 4.36. The van der Waals surface area contributed by atoms with Crippen LogP contribution in [0.1, 0.15) is 21.8 Å². The summed E-state index contributed by atoms with van der Waals surface area (Å²) in [7, 11) is 0. The molecule has 0 aliphatic heterocycles. The summed E-state index contributed by atoms with van der Waals surface area (Å²) in [6.45, 7) is 0. The number of fused-ring (bicyclic) bond motifs is 1. The van der Waals surface area contributed by atoms with Crippen molar-refractivity contribution in [3.63, 3.8) is 0 Å². The van der Waals surface area contributed by atoms with Crippen LogP contribution in [-0.2, 0) is 0 Å². The van der Waals surface area contributed by atoms with Gasteiger partial charge in [0.05, 0.1) is 16.8 Å². The molecule has 0 aliphatic carbocycles. The number of benzene rings is 2. The molecule has 4 aromatic rings. The molecule has 0 saturated heterocycles. The molecule has 0 fully saturated rings. The summed E-state index contributed by atoms with van der Waals surface area (Å²) >= 11 is 6.02. The Morgan fingerprint density at radius 3 is 2.67 bits per heavy atom. The van der Waals surface area contributed by atoms with Crippen LogP contribution < -0.4 is 0 Å². The number of carboxylic acid groups (broad SMARTS) is 1. The van der Waals surface area contributed by atoms with E-state index in [1.807, 2.05) is 36.4 Å². The van der Waals surface area contributed by atoms with E-state index in [9.17, 15) is 9.90 Å². The minimum Gasteiger partial charge on any atom is -0.478 e. The number of hydrogen-bond donors (Lipinski definition) is 1. The van der Waals surface area contributed by atoms with E-state index in [1.165, 1.54) is 0 Å². The molecular formula is C22H14ClNO3. The zero-order valence-corrected chi connectivity index (χ0v) is 14.9. The smallest absolute Gasteiger partial charge is 0.336 e. The molecule has 132 valence electrons. The van der Waals surface area contributed by atoms with E-state index >= 15 is 0 Å². The minimum atomic E-state index is -0.982. The van der Waals surface area contributed by atoms with E-state index in [0.29, 0.717) is 33.1 Å². The first-order chi connectivity index (χ1) is 13.1. The van der Waals surface area contributed by atoms with Crippen molar-refractivity contribution < 1.29 is 14.3 Å². The molecule has 2 aromatic heterocycles. The third kappa shape index (κ3) is 3.61. The molecular weight excluding hydrogens is 362 g/mol. The lowest BCUT2D eigenvalue weighted by atomic mass is 10.1. The van der Waals surface area contributed by atoms with E-state index in [2.05, 4.69) is 4.98 Å². The highest BCUT2D eigenvalue weighted by atomic mass is 35.5. The highest BCUT2D eigenvalue weighted by Crippen LogP contribution is 2.26. The normalized spacial score (nSPS) is 11.3. The van der Waals surface area contributed by atoms with Crippen molar-refractivity contribution in [1.82, 2.24) is 4.98 Å². The van der Waals surface area contributed by atoms with Crippen LogP contribution in [0.4, 0.5) is 0 Å². The van der Waals surface area contributed by atoms with Gasteiger partial charge in [-0.05, 0) is 48.6 Å². The minimum absolute atomic E-state index is 0.222. The lowest BCUT2D eigenvalue weighted by molar-refractivity contribution is 0.0699. The third-order valence-electron chi connectivity index (χ3n) is 4.12. The topological polar surface area (TPSA) is 63.3 Å². The van der Waals surface area contributed by atoms with Crippen LogP contribution in [0.5, 0.6) is 0 Å². The average Bonchev–Trinajstić information content (AvgIpc) is 3.15. The van der Waals surface area contributed by atoms with Crippen LogP contribution in [-0.4, -0.2) is 16.1 Å². The van der Waals surface area contributed by atoms with Crippen molar-refractivity contribution >= 4 is 40.6 Å². The van der Waals surface area contributed by atoms with E-state index in [4.69, 9.17) is 16.0 Å². The number of aromatic carboxylic acids is 1. The molecule has 1 N–H and O–H groups in total. The quantitative estimate of drug-likeness (QED) is 0.474. The fourth-order valence-corrected chi connectivity index (χ4v) is 3.06. The summed E-state index contributed by atoms with van der Waals surface area (Å²) in [4.78, 5) is 16.0. The Morgan fingerprint density at radius 1 is 1.00 bits per heavy atom. The first-order valence-electron chi connectivity index (χ1n) is 8.27.